The summed E-state index contributed by atoms with van der Waals surface area (Å²) in [7, 11) is 0. The second-order valence-corrected chi connectivity index (χ2v) is 8.84. The summed E-state index contributed by atoms with van der Waals surface area (Å²) in [5, 5.41) is 16.3. The van der Waals surface area contributed by atoms with E-state index in [0.717, 1.165) is 27.8 Å². The molecule has 0 aliphatic carbocycles. The fourth-order valence-corrected chi connectivity index (χ4v) is 4.50. The lowest BCUT2D eigenvalue weighted by Crippen LogP contribution is -2.07. The summed E-state index contributed by atoms with van der Waals surface area (Å²) in [6, 6.07) is 11.8. The van der Waals surface area contributed by atoms with Crippen molar-refractivity contribution in [3.63, 3.8) is 0 Å². The number of nitrogens with one attached hydrogen (secondary N) is 1. The minimum Gasteiger partial charge on any atom is -0.490 e. The Morgan fingerprint density at radius 1 is 1.03 bits per heavy atom. The van der Waals surface area contributed by atoms with Crippen LogP contribution in [-0.2, 0) is 13.2 Å². The predicted molar refractivity (Wildman–Crippen MR) is 140 cm³/mol. The molecule has 5 rings (SSSR count). The fraction of sp³-hybridized carbons (Fsp3) is 0.231. The van der Waals surface area contributed by atoms with Crippen molar-refractivity contribution < 1.29 is 14.6 Å². The number of rotatable bonds is 10. The molecule has 0 bridgehead atoms. The molecule has 0 aliphatic rings. The quantitative estimate of drug-likeness (QED) is 0.274. The number of nitrogens with zero attached hydrogens (tertiary/aromatic N) is 5. The smallest absolute Gasteiger partial charge is 0.163 e. The summed E-state index contributed by atoms with van der Waals surface area (Å²) in [6.45, 7) is 5.32. The van der Waals surface area contributed by atoms with E-state index in [1.54, 1.807) is 12.5 Å². The number of thiazole rings is 1. The zero-order valence-corrected chi connectivity index (χ0v) is 20.8. The average molecular weight is 503 g/mol. The monoisotopic (exact) mass is 502 g/mol. The first-order valence-electron chi connectivity index (χ1n) is 11.7. The lowest BCUT2D eigenvalue weighted by Gasteiger charge is -2.16. The van der Waals surface area contributed by atoms with Crippen LogP contribution in [0.15, 0.2) is 60.5 Å². The largest absolute Gasteiger partial charge is 0.490 e. The first-order valence-corrected chi connectivity index (χ1v) is 12.5. The Morgan fingerprint density at radius 3 is 2.58 bits per heavy atom. The molecule has 0 radical (unpaired) electrons. The lowest BCUT2D eigenvalue weighted by molar-refractivity contribution is 0.281. The van der Waals surface area contributed by atoms with Gasteiger partial charge < -0.3 is 24.5 Å². The van der Waals surface area contributed by atoms with Crippen molar-refractivity contribution in [3.8, 4) is 22.8 Å². The van der Waals surface area contributed by atoms with E-state index in [1.807, 2.05) is 66.4 Å². The second kappa shape index (κ2) is 10.7. The van der Waals surface area contributed by atoms with E-state index < -0.39 is 0 Å². The Labute approximate surface area is 212 Å². The summed E-state index contributed by atoms with van der Waals surface area (Å²) >= 11 is 1.44. The molecule has 0 saturated carbocycles. The van der Waals surface area contributed by atoms with Crippen LogP contribution < -0.4 is 14.8 Å². The first kappa shape index (κ1) is 23.7. The number of anilines is 2. The number of imidazole rings is 1. The van der Waals surface area contributed by atoms with E-state index in [0.29, 0.717) is 47.9 Å². The number of hydrogen-bond donors (Lipinski definition) is 2. The van der Waals surface area contributed by atoms with E-state index >= 15 is 0 Å². The van der Waals surface area contributed by atoms with Crippen LogP contribution in [0.3, 0.4) is 0 Å². The third-order valence-electron chi connectivity index (χ3n) is 5.40. The number of aliphatic hydroxyl groups is 1. The maximum absolute atomic E-state index is 9.38. The Morgan fingerprint density at radius 2 is 1.86 bits per heavy atom. The molecule has 5 aromatic rings. The number of aliphatic hydroxyl groups excluding tert-OH is 1. The topological polar surface area (TPSA) is 107 Å². The summed E-state index contributed by atoms with van der Waals surface area (Å²) in [6.07, 6.45) is 5.35. The van der Waals surface area contributed by atoms with Crippen molar-refractivity contribution >= 4 is 33.7 Å². The van der Waals surface area contributed by atoms with Crippen molar-refractivity contribution in [2.45, 2.75) is 27.0 Å². The van der Waals surface area contributed by atoms with Gasteiger partial charge in [-0.15, -0.1) is 11.3 Å². The second-order valence-electron chi connectivity index (χ2n) is 7.90. The van der Waals surface area contributed by atoms with Gasteiger partial charge in [0.1, 0.15) is 10.8 Å². The Hall–Kier alpha value is -4.02. The molecule has 0 spiro atoms. The first-order chi connectivity index (χ1) is 17.7. The van der Waals surface area contributed by atoms with E-state index in [1.165, 1.54) is 11.3 Å². The molecule has 2 aromatic carbocycles. The molecule has 3 aromatic heterocycles. The predicted octanol–water partition coefficient (Wildman–Crippen LogP) is 5.03. The fourth-order valence-electron chi connectivity index (χ4n) is 3.84. The van der Waals surface area contributed by atoms with Crippen molar-refractivity contribution in [3.05, 3.63) is 71.3 Å². The highest BCUT2D eigenvalue weighted by Crippen LogP contribution is 2.36. The molecule has 2 N–H and O–H groups in total. The summed E-state index contributed by atoms with van der Waals surface area (Å²) in [5.41, 5.74) is 3.37. The van der Waals surface area contributed by atoms with Gasteiger partial charge in [-0.05, 0) is 32.0 Å². The number of ether oxygens (including phenoxy) is 2. The van der Waals surface area contributed by atoms with Crippen molar-refractivity contribution in [2.75, 3.05) is 18.5 Å². The SMILES string of the molecule is CCOc1cc2nc(Cn3ccnc3)nc(Nc3cccc(-c4csc(CO)n4)c3)c2cc1OCC. The van der Waals surface area contributed by atoms with Crippen LogP contribution in [0.25, 0.3) is 22.2 Å². The van der Waals surface area contributed by atoms with Crippen LogP contribution in [0.4, 0.5) is 11.5 Å². The average Bonchev–Trinajstić information content (AvgIpc) is 3.58. The minimum atomic E-state index is -0.0683. The van der Waals surface area contributed by atoms with Gasteiger partial charge in [0.2, 0.25) is 0 Å². The molecular formula is C26H26N6O3S. The van der Waals surface area contributed by atoms with Crippen LogP contribution in [-0.4, -0.2) is 42.8 Å². The van der Waals surface area contributed by atoms with Crippen molar-refractivity contribution in [1.29, 1.82) is 0 Å². The Balaban J connectivity index is 1.58. The minimum absolute atomic E-state index is 0.0683. The third-order valence-corrected chi connectivity index (χ3v) is 6.23. The standard InChI is InChI=1S/C26H26N6O3S/c1-3-34-22-11-19-20(12-23(22)35-4-2)29-24(13-32-9-8-27-16-32)31-26(19)28-18-7-5-6-17(10-18)21-15-36-25(14-33)30-21/h5-12,15-16,33H,3-4,13-14H2,1-2H3,(H,28,29,31). The van der Waals surface area contributed by atoms with Crippen molar-refractivity contribution in [2.24, 2.45) is 0 Å². The highest BCUT2D eigenvalue weighted by atomic mass is 32.1. The molecule has 0 aliphatic heterocycles. The van der Waals surface area contributed by atoms with Crippen molar-refractivity contribution in [1.82, 2.24) is 24.5 Å². The molecule has 0 unspecified atom stereocenters. The molecule has 0 atom stereocenters. The van der Waals surface area contributed by atoms with E-state index in [2.05, 4.69) is 15.3 Å². The number of benzene rings is 2. The number of fused-ring (bicyclic) bond motifs is 1. The van der Waals surface area contributed by atoms with Crippen LogP contribution in [0, 0.1) is 0 Å². The van der Waals surface area contributed by atoms with Gasteiger partial charge in [0.05, 0.1) is 43.9 Å². The van der Waals surface area contributed by atoms with Crippen LogP contribution in [0.2, 0.25) is 0 Å². The highest BCUT2D eigenvalue weighted by Gasteiger charge is 2.15. The summed E-state index contributed by atoms with van der Waals surface area (Å²) < 4.78 is 13.6. The molecule has 0 amide bonds. The molecule has 184 valence electrons. The van der Waals surface area contributed by atoms with Gasteiger partial charge in [-0.3, -0.25) is 0 Å². The zero-order valence-electron chi connectivity index (χ0n) is 20.0. The Bertz CT molecular complexity index is 1470. The van der Waals surface area contributed by atoms with Crippen LogP contribution in [0.1, 0.15) is 24.7 Å². The van der Waals surface area contributed by atoms with E-state index in [4.69, 9.17) is 19.4 Å². The highest BCUT2D eigenvalue weighted by molar-refractivity contribution is 7.09. The molecule has 36 heavy (non-hydrogen) atoms. The number of aromatic nitrogens is 5. The van der Waals surface area contributed by atoms with Gasteiger partial charge >= 0.3 is 0 Å². The zero-order chi connectivity index (χ0) is 24.9. The van der Waals surface area contributed by atoms with Gasteiger partial charge in [-0.2, -0.15) is 0 Å². The van der Waals surface area contributed by atoms with Gasteiger partial charge in [0.25, 0.3) is 0 Å². The van der Waals surface area contributed by atoms with Gasteiger partial charge in [-0.25, -0.2) is 19.9 Å². The lowest BCUT2D eigenvalue weighted by atomic mass is 10.1. The van der Waals surface area contributed by atoms with Crippen LogP contribution in [0.5, 0.6) is 11.5 Å². The van der Waals surface area contributed by atoms with Gasteiger partial charge in [-0.1, -0.05) is 12.1 Å². The van der Waals surface area contributed by atoms with E-state index in [-0.39, 0.29) is 6.61 Å². The number of hydrogen-bond acceptors (Lipinski definition) is 9. The molecule has 0 fully saturated rings. The summed E-state index contributed by atoms with van der Waals surface area (Å²) in [5.74, 6) is 2.59. The Kier molecular flexibility index (Phi) is 7.06. The normalized spacial score (nSPS) is 11.1. The molecule has 0 saturated heterocycles. The summed E-state index contributed by atoms with van der Waals surface area (Å²) in [4.78, 5) is 18.3. The third kappa shape index (κ3) is 5.14. The van der Waals surface area contributed by atoms with Crippen LogP contribution >= 0.6 is 11.3 Å². The maximum Gasteiger partial charge on any atom is 0.163 e. The molecule has 3 heterocycles. The molecule has 9 nitrogen and oxygen atoms in total. The van der Waals surface area contributed by atoms with Gasteiger partial charge in [0.15, 0.2) is 17.3 Å². The molecule has 10 heteroatoms. The van der Waals surface area contributed by atoms with Gasteiger partial charge in [0, 0.05) is 40.5 Å². The molecular weight excluding hydrogens is 476 g/mol. The maximum atomic E-state index is 9.38. The van der Waals surface area contributed by atoms with E-state index in [9.17, 15) is 5.11 Å².